The summed E-state index contributed by atoms with van der Waals surface area (Å²) in [6.45, 7) is 2.84. The first-order valence-corrected chi connectivity index (χ1v) is 9.12. The van der Waals surface area contributed by atoms with E-state index in [-0.39, 0.29) is 30.0 Å². The second-order valence-corrected chi connectivity index (χ2v) is 6.73. The predicted molar refractivity (Wildman–Crippen MR) is 97.1 cm³/mol. The van der Waals surface area contributed by atoms with E-state index in [0.29, 0.717) is 37.0 Å². The summed E-state index contributed by atoms with van der Waals surface area (Å²) in [7, 11) is 0. The Morgan fingerprint density at radius 1 is 1.29 bits per heavy atom. The molecule has 148 valence electrons. The number of carbonyl (C=O) groups is 2. The summed E-state index contributed by atoms with van der Waals surface area (Å²) >= 11 is 0. The molecule has 2 aliphatic heterocycles. The van der Waals surface area contributed by atoms with E-state index in [1.165, 1.54) is 0 Å². The zero-order valence-corrected chi connectivity index (χ0v) is 15.5. The van der Waals surface area contributed by atoms with Crippen LogP contribution in [-0.4, -0.2) is 48.3 Å². The van der Waals surface area contributed by atoms with Gasteiger partial charge in [0, 0.05) is 6.54 Å². The molecule has 1 aromatic heterocycles. The zero-order valence-electron chi connectivity index (χ0n) is 15.5. The first-order chi connectivity index (χ1) is 13.5. The Labute approximate surface area is 161 Å². The molecule has 9 nitrogen and oxygen atoms in total. The number of rotatable bonds is 4. The van der Waals surface area contributed by atoms with Gasteiger partial charge in [-0.05, 0) is 37.5 Å². The topological polar surface area (TPSA) is 117 Å². The third-order valence-corrected chi connectivity index (χ3v) is 4.94. The Kier molecular flexibility index (Phi) is 4.81. The van der Waals surface area contributed by atoms with Crippen molar-refractivity contribution in [2.75, 3.05) is 32.1 Å². The van der Waals surface area contributed by atoms with Gasteiger partial charge < -0.3 is 29.4 Å². The maximum Gasteiger partial charge on any atom is 0.346 e. The fourth-order valence-corrected chi connectivity index (χ4v) is 3.60. The van der Waals surface area contributed by atoms with E-state index in [4.69, 9.17) is 24.5 Å². The normalized spacial score (nSPS) is 18.2. The molecule has 1 saturated heterocycles. The number of ether oxygens (including phenoxy) is 3. The second kappa shape index (κ2) is 7.41. The Balaban J connectivity index is 1.43. The highest BCUT2D eigenvalue weighted by Gasteiger charge is 2.32. The SMILES string of the molecule is Cc1noc(N)c1C(=O)OCC(=O)N1CCC[C@@H]1c1ccc2c(c1)OCCO2. The van der Waals surface area contributed by atoms with E-state index >= 15 is 0 Å². The summed E-state index contributed by atoms with van der Waals surface area (Å²) in [4.78, 5) is 26.6. The molecule has 28 heavy (non-hydrogen) atoms. The molecule has 3 heterocycles. The molecule has 0 radical (unpaired) electrons. The second-order valence-electron chi connectivity index (χ2n) is 6.73. The number of likely N-dealkylation sites (tertiary alicyclic amines) is 1. The third-order valence-electron chi connectivity index (χ3n) is 4.94. The first-order valence-electron chi connectivity index (χ1n) is 9.12. The number of esters is 1. The van der Waals surface area contributed by atoms with Crippen LogP contribution in [0.1, 0.15) is 40.5 Å². The highest BCUT2D eigenvalue weighted by atomic mass is 16.6. The first kappa shape index (κ1) is 18.1. The fraction of sp³-hybridized carbons (Fsp3) is 0.421. The van der Waals surface area contributed by atoms with Crippen LogP contribution < -0.4 is 15.2 Å². The van der Waals surface area contributed by atoms with Gasteiger partial charge >= 0.3 is 5.97 Å². The van der Waals surface area contributed by atoms with Crippen molar-refractivity contribution in [3.8, 4) is 11.5 Å². The molecule has 2 aromatic rings. The number of nitrogen functional groups attached to an aromatic ring is 1. The molecular weight excluding hydrogens is 366 g/mol. The van der Waals surface area contributed by atoms with Crippen LogP contribution >= 0.6 is 0 Å². The third kappa shape index (κ3) is 3.35. The molecule has 1 amide bonds. The van der Waals surface area contributed by atoms with Crippen LogP contribution in [0.4, 0.5) is 5.88 Å². The van der Waals surface area contributed by atoms with E-state index in [2.05, 4.69) is 5.16 Å². The molecule has 0 unspecified atom stereocenters. The Morgan fingerprint density at radius 2 is 2.07 bits per heavy atom. The minimum Gasteiger partial charge on any atom is -0.486 e. The molecule has 0 saturated carbocycles. The number of aryl methyl sites for hydroxylation is 1. The largest absolute Gasteiger partial charge is 0.486 e. The van der Waals surface area contributed by atoms with Crippen molar-refractivity contribution in [1.82, 2.24) is 10.1 Å². The monoisotopic (exact) mass is 387 g/mol. The zero-order chi connectivity index (χ0) is 19.7. The van der Waals surface area contributed by atoms with Gasteiger partial charge in [-0.2, -0.15) is 0 Å². The highest BCUT2D eigenvalue weighted by Crippen LogP contribution is 2.38. The van der Waals surface area contributed by atoms with Gasteiger partial charge in [0.1, 0.15) is 18.8 Å². The summed E-state index contributed by atoms with van der Waals surface area (Å²) in [5, 5.41) is 3.61. The molecular formula is C19H21N3O6. The smallest absolute Gasteiger partial charge is 0.346 e. The Bertz CT molecular complexity index is 890. The van der Waals surface area contributed by atoms with Gasteiger partial charge in [0.25, 0.3) is 5.91 Å². The standard InChI is InChI=1S/C19H21N3O6/c1-11-17(18(20)28-21-11)19(24)27-10-16(23)22-6-2-3-13(22)12-4-5-14-15(9-12)26-8-7-25-14/h4-5,9,13H,2-3,6-8,10,20H2,1H3/t13-/m1/s1. The quantitative estimate of drug-likeness (QED) is 0.790. The van der Waals surface area contributed by atoms with Crippen molar-refractivity contribution in [3.63, 3.8) is 0 Å². The van der Waals surface area contributed by atoms with Gasteiger partial charge in [-0.25, -0.2) is 4.79 Å². The number of nitrogens with zero attached hydrogens (tertiary/aromatic N) is 2. The van der Waals surface area contributed by atoms with E-state index in [1.54, 1.807) is 11.8 Å². The average Bonchev–Trinajstić information content (AvgIpc) is 3.32. The molecule has 1 aromatic carbocycles. The van der Waals surface area contributed by atoms with Crippen LogP contribution in [0.2, 0.25) is 0 Å². The van der Waals surface area contributed by atoms with Gasteiger partial charge in [0.2, 0.25) is 5.88 Å². The maximum absolute atomic E-state index is 12.7. The number of amides is 1. The van der Waals surface area contributed by atoms with Gasteiger partial charge in [-0.1, -0.05) is 11.2 Å². The molecule has 0 aliphatic carbocycles. The highest BCUT2D eigenvalue weighted by molar-refractivity contribution is 5.96. The summed E-state index contributed by atoms with van der Waals surface area (Å²) in [5.41, 5.74) is 6.93. The molecule has 1 fully saturated rings. The lowest BCUT2D eigenvalue weighted by molar-refractivity contribution is -0.135. The number of hydrogen-bond acceptors (Lipinski definition) is 8. The number of hydrogen-bond donors (Lipinski definition) is 1. The van der Waals surface area contributed by atoms with Crippen LogP contribution in [0.25, 0.3) is 0 Å². The number of anilines is 1. The molecule has 2 aliphatic rings. The number of aromatic nitrogens is 1. The molecule has 0 spiro atoms. The average molecular weight is 387 g/mol. The summed E-state index contributed by atoms with van der Waals surface area (Å²) < 4.78 is 21.1. The van der Waals surface area contributed by atoms with Crippen molar-refractivity contribution in [1.29, 1.82) is 0 Å². The number of benzene rings is 1. The predicted octanol–water partition coefficient (Wildman–Crippen LogP) is 1.86. The lowest BCUT2D eigenvalue weighted by Gasteiger charge is -2.26. The van der Waals surface area contributed by atoms with Crippen LogP contribution in [0.5, 0.6) is 11.5 Å². The minimum atomic E-state index is -0.723. The summed E-state index contributed by atoms with van der Waals surface area (Å²) in [6.07, 6.45) is 1.70. The van der Waals surface area contributed by atoms with Crippen molar-refractivity contribution in [2.45, 2.75) is 25.8 Å². The summed E-state index contributed by atoms with van der Waals surface area (Å²) in [6, 6.07) is 5.63. The maximum atomic E-state index is 12.7. The van der Waals surface area contributed by atoms with E-state index < -0.39 is 5.97 Å². The number of nitrogens with two attached hydrogens (primary N) is 1. The van der Waals surface area contributed by atoms with Crippen molar-refractivity contribution in [3.05, 3.63) is 35.0 Å². The molecule has 2 N–H and O–H groups in total. The lowest BCUT2D eigenvalue weighted by atomic mass is 10.0. The van der Waals surface area contributed by atoms with E-state index in [9.17, 15) is 9.59 Å². The van der Waals surface area contributed by atoms with Gasteiger partial charge in [0.05, 0.1) is 11.7 Å². The van der Waals surface area contributed by atoms with Crippen molar-refractivity contribution in [2.24, 2.45) is 0 Å². The van der Waals surface area contributed by atoms with Crippen LogP contribution in [-0.2, 0) is 9.53 Å². The summed E-state index contributed by atoms with van der Waals surface area (Å²) in [5.74, 6) is 0.290. The van der Waals surface area contributed by atoms with Gasteiger partial charge in [-0.3, -0.25) is 4.79 Å². The van der Waals surface area contributed by atoms with Gasteiger partial charge in [-0.15, -0.1) is 0 Å². The number of carbonyl (C=O) groups excluding carboxylic acids is 2. The Hall–Kier alpha value is -3.23. The van der Waals surface area contributed by atoms with Crippen LogP contribution in [0.15, 0.2) is 22.7 Å². The fourth-order valence-electron chi connectivity index (χ4n) is 3.60. The Morgan fingerprint density at radius 3 is 2.82 bits per heavy atom. The van der Waals surface area contributed by atoms with Crippen LogP contribution in [0, 0.1) is 6.92 Å². The number of fused-ring (bicyclic) bond motifs is 1. The molecule has 0 bridgehead atoms. The van der Waals surface area contributed by atoms with Gasteiger partial charge in [0.15, 0.2) is 18.1 Å². The van der Waals surface area contributed by atoms with E-state index in [1.807, 2.05) is 18.2 Å². The molecule has 4 rings (SSSR count). The lowest BCUT2D eigenvalue weighted by Crippen LogP contribution is -2.34. The van der Waals surface area contributed by atoms with E-state index in [0.717, 1.165) is 18.4 Å². The molecule has 1 atom stereocenters. The van der Waals surface area contributed by atoms with Crippen LogP contribution in [0.3, 0.4) is 0 Å². The van der Waals surface area contributed by atoms with Crippen molar-refractivity contribution >= 4 is 17.8 Å². The minimum absolute atomic E-state index is 0.0533. The van der Waals surface area contributed by atoms with Crippen molar-refractivity contribution < 1.29 is 28.3 Å². The molecule has 9 heteroatoms.